The van der Waals surface area contributed by atoms with Crippen molar-refractivity contribution >= 4 is 48.9 Å². The van der Waals surface area contributed by atoms with Gasteiger partial charge in [-0.3, -0.25) is 14.1 Å². The smallest absolute Gasteiger partial charge is 0.308 e. The van der Waals surface area contributed by atoms with Gasteiger partial charge in [-0.1, -0.05) is 71.5 Å². The third-order valence-corrected chi connectivity index (χ3v) is 8.01. The summed E-state index contributed by atoms with van der Waals surface area (Å²) in [5, 5.41) is 0.568. The highest BCUT2D eigenvalue weighted by atomic mass is 35.5. The zero-order chi connectivity index (χ0) is 24.4. The molecule has 0 amide bonds. The van der Waals surface area contributed by atoms with Crippen LogP contribution in [0.1, 0.15) is 5.56 Å². The largest absolute Gasteiger partial charge is 0.455 e. The Morgan fingerprint density at radius 3 is 2.40 bits per heavy atom. The molecule has 0 saturated carbocycles. The Morgan fingerprint density at radius 2 is 1.60 bits per heavy atom. The van der Waals surface area contributed by atoms with Crippen LogP contribution in [-0.2, 0) is 16.6 Å². The number of para-hydroxylation sites is 3. The van der Waals surface area contributed by atoms with Crippen molar-refractivity contribution in [1.82, 2.24) is 4.57 Å². The van der Waals surface area contributed by atoms with E-state index in [1.807, 2.05) is 36.4 Å². The number of hydrogen-bond donors (Lipinski definition) is 1. The van der Waals surface area contributed by atoms with Gasteiger partial charge in [0.05, 0.1) is 27.3 Å². The van der Waals surface area contributed by atoms with Crippen LogP contribution in [0.4, 0.5) is 5.69 Å². The Hall–Kier alpha value is -3.59. The number of fused-ring (bicyclic) bond motifs is 1. The minimum atomic E-state index is -3.94. The monoisotopic (exact) mass is 522 g/mol. The van der Waals surface area contributed by atoms with Gasteiger partial charge in [-0.2, -0.15) is 0 Å². The van der Waals surface area contributed by atoms with E-state index in [9.17, 15) is 13.2 Å². The Balaban J connectivity index is 1.45. The summed E-state index contributed by atoms with van der Waals surface area (Å²) in [4.78, 5) is 12.5. The zero-order valence-corrected chi connectivity index (χ0v) is 20.6. The number of ether oxygens (including phenoxy) is 1. The molecule has 0 radical (unpaired) electrons. The first-order valence-corrected chi connectivity index (χ1v) is 13.3. The summed E-state index contributed by atoms with van der Waals surface area (Å²) < 4.78 is 37.1. The van der Waals surface area contributed by atoms with Gasteiger partial charge in [-0.15, -0.1) is 0 Å². The molecule has 9 heteroatoms. The fourth-order valence-electron chi connectivity index (χ4n) is 3.62. The van der Waals surface area contributed by atoms with Crippen molar-refractivity contribution in [3.8, 4) is 11.5 Å². The summed E-state index contributed by atoms with van der Waals surface area (Å²) in [5.41, 5.74) is 1.76. The van der Waals surface area contributed by atoms with Gasteiger partial charge in [-0.25, -0.2) is 8.42 Å². The van der Waals surface area contributed by atoms with E-state index in [0.717, 1.165) is 16.9 Å². The minimum Gasteiger partial charge on any atom is -0.455 e. The van der Waals surface area contributed by atoms with Crippen LogP contribution in [-0.4, -0.2) is 13.0 Å². The lowest BCUT2D eigenvalue weighted by Crippen LogP contribution is -2.14. The summed E-state index contributed by atoms with van der Waals surface area (Å²) in [6.07, 6.45) is 0. The van der Waals surface area contributed by atoms with Gasteiger partial charge in [0.25, 0.3) is 10.0 Å². The molecule has 176 valence electrons. The Labute approximate surface area is 211 Å². The number of nitrogens with one attached hydrogen (secondary N) is 1. The molecule has 35 heavy (non-hydrogen) atoms. The van der Waals surface area contributed by atoms with Gasteiger partial charge < -0.3 is 4.74 Å². The second-order valence-electron chi connectivity index (χ2n) is 7.69. The van der Waals surface area contributed by atoms with Crippen LogP contribution < -0.4 is 14.3 Å². The van der Waals surface area contributed by atoms with Crippen molar-refractivity contribution in [2.45, 2.75) is 11.4 Å². The zero-order valence-electron chi connectivity index (χ0n) is 18.2. The maximum absolute atomic E-state index is 13.2. The molecule has 0 unspecified atom stereocenters. The normalized spacial score (nSPS) is 11.5. The summed E-state index contributed by atoms with van der Waals surface area (Å²) >= 11 is 7.25. The molecule has 1 heterocycles. The molecule has 0 aliphatic rings. The Kier molecular flexibility index (Phi) is 6.34. The molecule has 0 spiro atoms. The summed E-state index contributed by atoms with van der Waals surface area (Å²) in [6, 6.07) is 27.9. The highest BCUT2D eigenvalue weighted by Gasteiger charge is 2.19. The minimum absolute atomic E-state index is 0.0469. The fourth-order valence-corrected chi connectivity index (χ4v) is 5.92. The number of hydrogen-bond acceptors (Lipinski definition) is 5. The standard InChI is InChI=1S/C26H19ClN2O4S2/c27-21-11-5-4-8-18(21)17-29-23-15-14-20(16-25(23)34-26(29)30)35(31,32)28-22-12-6-7-13-24(22)33-19-9-2-1-3-10-19/h1-16,28H,17H2. The lowest BCUT2D eigenvalue weighted by Gasteiger charge is -2.13. The SMILES string of the molecule is O=c1sc2cc(S(=O)(=O)Nc3ccccc3Oc3ccccc3)ccc2n1Cc1ccccc1Cl. The molecule has 5 aromatic rings. The number of halogens is 1. The van der Waals surface area contributed by atoms with Gasteiger partial charge >= 0.3 is 4.87 Å². The first-order valence-electron chi connectivity index (χ1n) is 10.6. The van der Waals surface area contributed by atoms with E-state index in [-0.39, 0.29) is 9.77 Å². The number of nitrogens with zero attached hydrogens (tertiary/aromatic N) is 1. The molecule has 4 aromatic carbocycles. The van der Waals surface area contributed by atoms with Gasteiger partial charge in [0.1, 0.15) is 5.75 Å². The van der Waals surface area contributed by atoms with E-state index in [0.29, 0.717) is 39.0 Å². The van der Waals surface area contributed by atoms with Crippen molar-refractivity contribution in [1.29, 1.82) is 0 Å². The topological polar surface area (TPSA) is 77.4 Å². The second kappa shape index (κ2) is 9.58. The molecular weight excluding hydrogens is 504 g/mol. The number of aromatic nitrogens is 1. The summed E-state index contributed by atoms with van der Waals surface area (Å²) in [6.45, 7) is 0.299. The van der Waals surface area contributed by atoms with Crippen molar-refractivity contribution in [3.63, 3.8) is 0 Å². The van der Waals surface area contributed by atoms with E-state index in [2.05, 4.69) is 4.72 Å². The lowest BCUT2D eigenvalue weighted by molar-refractivity contribution is 0.485. The van der Waals surface area contributed by atoms with Crippen molar-refractivity contribution in [2.24, 2.45) is 0 Å². The number of thiazole rings is 1. The summed E-state index contributed by atoms with van der Waals surface area (Å²) in [7, 11) is -3.94. The molecule has 0 aliphatic heterocycles. The van der Waals surface area contributed by atoms with Gasteiger partial charge in [0.15, 0.2) is 5.75 Å². The maximum atomic E-state index is 13.2. The van der Waals surface area contributed by atoms with Gasteiger partial charge in [0.2, 0.25) is 0 Å². The Bertz CT molecular complexity index is 1680. The van der Waals surface area contributed by atoms with Crippen LogP contribution in [0.5, 0.6) is 11.5 Å². The van der Waals surface area contributed by atoms with Crippen molar-refractivity contribution < 1.29 is 13.2 Å². The molecule has 5 rings (SSSR count). The quantitative estimate of drug-likeness (QED) is 0.270. The first kappa shape index (κ1) is 23.2. The fraction of sp³-hybridized carbons (Fsp3) is 0.0385. The molecule has 0 bridgehead atoms. The second-order valence-corrected chi connectivity index (χ2v) is 10.8. The molecule has 1 aromatic heterocycles. The predicted molar refractivity (Wildman–Crippen MR) is 140 cm³/mol. The average molecular weight is 523 g/mol. The molecular formula is C26H19ClN2O4S2. The average Bonchev–Trinajstić information content (AvgIpc) is 3.16. The van der Waals surface area contributed by atoms with Crippen LogP contribution in [0, 0.1) is 0 Å². The summed E-state index contributed by atoms with van der Waals surface area (Å²) in [5.74, 6) is 0.962. The predicted octanol–water partition coefficient (Wildman–Crippen LogP) is 6.36. The highest BCUT2D eigenvalue weighted by Crippen LogP contribution is 2.32. The molecule has 0 atom stereocenters. The van der Waals surface area contributed by atoms with Crippen LogP contribution in [0.3, 0.4) is 0 Å². The highest BCUT2D eigenvalue weighted by molar-refractivity contribution is 7.92. The van der Waals surface area contributed by atoms with Crippen molar-refractivity contribution in [2.75, 3.05) is 4.72 Å². The molecule has 6 nitrogen and oxygen atoms in total. The Morgan fingerprint density at radius 1 is 0.886 bits per heavy atom. The van der Waals surface area contributed by atoms with E-state index in [1.165, 1.54) is 12.1 Å². The first-order chi connectivity index (χ1) is 16.9. The maximum Gasteiger partial charge on any atom is 0.308 e. The third kappa shape index (κ3) is 4.95. The molecule has 0 saturated heterocycles. The molecule has 1 N–H and O–H groups in total. The van der Waals surface area contributed by atoms with E-state index >= 15 is 0 Å². The number of anilines is 1. The lowest BCUT2D eigenvalue weighted by atomic mass is 10.2. The third-order valence-electron chi connectivity index (χ3n) is 5.34. The van der Waals surface area contributed by atoms with Gasteiger partial charge in [0, 0.05) is 5.02 Å². The van der Waals surface area contributed by atoms with E-state index in [4.69, 9.17) is 16.3 Å². The van der Waals surface area contributed by atoms with Crippen LogP contribution in [0.2, 0.25) is 5.02 Å². The number of benzene rings is 4. The molecule has 0 fully saturated rings. The number of rotatable bonds is 7. The van der Waals surface area contributed by atoms with Gasteiger partial charge in [-0.05, 0) is 54.1 Å². The van der Waals surface area contributed by atoms with Crippen molar-refractivity contribution in [3.05, 3.63) is 117 Å². The van der Waals surface area contributed by atoms with E-state index < -0.39 is 10.0 Å². The van der Waals surface area contributed by atoms with Crippen LogP contribution >= 0.6 is 22.9 Å². The van der Waals surface area contributed by atoms with Crippen LogP contribution in [0.25, 0.3) is 10.2 Å². The molecule has 0 aliphatic carbocycles. The number of sulfonamides is 1. The van der Waals surface area contributed by atoms with Crippen LogP contribution in [0.15, 0.2) is 107 Å². The van der Waals surface area contributed by atoms with E-state index in [1.54, 1.807) is 53.1 Å².